The van der Waals surface area contributed by atoms with Gasteiger partial charge in [0.05, 0.1) is 50.2 Å². The third kappa shape index (κ3) is 5.65. The second-order valence-corrected chi connectivity index (χ2v) is 10.9. The monoisotopic (exact) mass is 577 g/mol. The first-order chi connectivity index (χ1) is 21.0. The van der Waals surface area contributed by atoms with Crippen molar-refractivity contribution in [3.63, 3.8) is 0 Å². The third-order valence-corrected chi connectivity index (χ3v) is 8.37. The smallest absolute Gasteiger partial charge is 0.255 e. The molecule has 0 atom stereocenters. The molecule has 1 N–H and O–H groups in total. The number of nitrogens with zero attached hydrogens (tertiary/aromatic N) is 2. The van der Waals surface area contributed by atoms with Crippen LogP contribution in [0.3, 0.4) is 0 Å². The van der Waals surface area contributed by atoms with E-state index in [1.807, 2.05) is 71.6 Å². The van der Waals surface area contributed by atoms with E-state index in [0.717, 1.165) is 59.7 Å². The summed E-state index contributed by atoms with van der Waals surface area (Å²) in [5, 5.41) is 1.59. The molecular weight excluding hydrogens is 542 g/mol. The van der Waals surface area contributed by atoms with Crippen molar-refractivity contribution in [2.75, 3.05) is 21.3 Å². The number of carbonyl (C=O) groups is 1. The summed E-state index contributed by atoms with van der Waals surface area (Å²) in [6.45, 7) is 0.192. The van der Waals surface area contributed by atoms with Crippen molar-refractivity contribution in [2.45, 2.75) is 44.7 Å². The van der Waals surface area contributed by atoms with Crippen LogP contribution in [0.15, 0.2) is 77.6 Å². The molecule has 0 radical (unpaired) electrons. The maximum atomic E-state index is 14.6. The standard InChI is InChI=1S/C35H35N3O5/c1-41-26-15-13-22(14-16-26)30-19-28(27-11-7-8-12-29(27)36-30)35(40)38(25-9-5-4-6-10-25)21-24-17-23-18-32(42-2)33(43-3)20-31(23)37-34(24)39/h7-8,11-20,25H,4-6,9-10,21H2,1-3H3,(H,37,39). The van der Waals surface area contributed by atoms with Crippen LogP contribution in [0.1, 0.15) is 48.0 Å². The molecule has 6 rings (SSSR count). The van der Waals surface area contributed by atoms with Gasteiger partial charge in [-0.2, -0.15) is 0 Å². The minimum Gasteiger partial charge on any atom is -0.497 e. The van der Waals surface area contributed by atoms with Crippen molar-refractivity contribution >= 4 is 27.7 Å². The minimum absolute atomic E-state index is 0.0260. The van der Waals surface area contributed by atoms with Gasteiger partial charge in [0.25, 0.3) is 11.5 Å². The Hall–Kier alpha value is -4.85. The van der Waals surface area contributed by atoms with E-state index in [1.54, 1.807) is 27.4 Å². The first-order valence-corrected chi connectivity index (χ1v) is 14.6. The Morgan fingerprint density at radius 3 is 2.33 bits per heavy atom. The van der Waals surface area contributed by atoms with Crippen molar-refractivity contribution in [3.05, 3.63) is 94.3 Å². The lowest BCUT2D eigenvalue weighted by atomic mass is 9.92. The molecule has 3 aromatic carbocycles. The van der Waals surface area contributed by atoms with Gasteiger partial charge in [-0.25, -0.2) is 4.98 Å². The number of hydrogen-bond donors (Lipinski definition) is 1. The number of aromatic nitrogens is 2. The van der Waals surface area contributed by atoms with E-state index >= 15 is 0 Å². The van der Waals surface area contributed by atoms with Crippen molar-refractivity contribution in [1.29, 1.82) is 0 Å². The van der Waals surface area contributed by atoms with Gasteiger partial charge in [-0.3, -0.25) is 9.59 Å². The number of carbonyl (C=O) groups excluding carboxylic acids is 1. The Labute approximate surface area is 250 Å². The van der Waals surface area contributed by atoms with Crippen LogP contribution < -0.4 is 19.8 Å². The van der Waals surface area contributed by atoms with Gasteiger partial charge in [-0.05, 0) is 61.4 Å². The number of amides is 1. The maximum absolute atomic E-state index is 14.6. The Morgan fingerprint density at radius 2 is 1.60 bits per heavy atom. The van der Waals surface area contributed by atoms with Crippen molar-refractivity contribution in [1.82, 2.24) is 14.9 Å². The zero-order valence-corrected chi connectivity index (χ0v) is 24.7. The molecule has 5 aromatic rings. The molecule has 8 heteroatoms. The van der Waals surface area contributed by atoms with Crippen LogP contribution in [0.2, 0.25) is 0 Å². The highest BCUT2D eigenvalue weighted by atomic mass is 16.5. The molecule has 2 heterocycles. The summed E-state index contributed by atoms with van der Waals surface area (Å²) in [6.07, 6.45) is 5.05. The first-order valence-electron chi connectivity index (χ1n) is 14.6. The molecule has 220 valence electrons. The van der Waals surface area contributed by atoms with Crippen molar-refractivity contribution in [3.8, 4) is 28.5 Å². The van der Waals surface area contributed by atoms with Crippen LogP contribution >= 0.6 is 0 Å². The lowest BCUT2D eigenvalue weighted by Gasteiger charge is -2.35. The maximum Gasteiger partial charge on any atom is 0.255 e. The summed E-state index contributed by atoms with van der Waals surface area (Å²) in [5.41, 5.74) is 3.85. The Kier molecular flexibility index (Phi) is 8.01. The van der Waals surface area contributed by atoms with Gasteiger partial charge < -0.3 is 24.1 Å². The number of benzene rings is 3. The molecule has 8 nitrogen and oxygen atoms in total. The predicted molar refractivity (Wildman–Crippen MR) is 168 cm³/mol. The summed E-state index contributed by atoms with van der Waals surface area (Å²) in [7, 11) is 4.78. The molecule has 2 aromatic heterocycles. The number of ether oxygens (including phenoxy) is 3. The predicted octanol–water partition coefficient (Wildman–Crippen LogP) is 6.74. The summed E-state index contributed by atoms with van der Waals surface area (Å²) in [4.78, 5) is 37.8. The number of para-hydroxylation sites is 1. The van der Waals surface area contributed by atoms with Gasteiger partial charge >= 0.3 is 0 Å². The molecule has 1 saturated carbocycles. The van der Waals surface area contributed by atoms with Crippen LogP contribution in [-0.2, 0) is 6.54 Å². The van der Waals surface area contributed by atoms with Gasteiger partial charge in [0.2, 0.25) is 0 Å². The summed E-state index contributed by atoms with van der Waals surface area (Å²) in [5.74, 6) is 1.75. The number of hydrogen-bond acceptors (Lipinski definition) is 6. The molecule has 43 heavy (non-hydrogen) atoms. The first kappa shape index (κ1) is 28.3. The third-order valence-electron chi connectivity index (χ3n) is 8.37. The molecule has 0 spiro atoms. The molecule has 1 aliphatic carbocycles. The second kappa shape index (κ2) is 12.2. The largest absolute Gasteiger partial charge is 0.497 e. The molecule has 0 saturated heterocycles. The molecule has 1 amide bonds. The zero-order valence-electron chi connectivity index (χ0n) is 24.7. The zero-order chi connectivity index (χ0) is 29.9. The fourth-order valence-electron chi connectivity index (χ4n) is 6.06. The van der Waals surface area contributed by atoms with E-state index in [0.29, 0.717) is 33.8 Å². The van der Waals surface area contributed by atoms with E-state index in [1.165, 1.54) is 0 Å². The van der Waals surface area contributed by atoms with Gasteiger partial charge in [0.1, 0.15) is 5.75 Å². The number of aromatic amines is 1. The van der Waals surface area contributed by atoms with Crippen molar-refractivity contribution in [2.24, 2.45) is 0 Å². The molecular formula is C35H35N3O5. The molecule has 0 bridgehead atoms. The number of rotatable bonds is 8. The summed E-state index contributed by atoms with van der Waals surface area (Å²) >= 11 is 0. The second-order valence-electron chi connectivity index (χ2n) is 10.9. The number of fused-ring (bicyclic) bond motifs is 2. The van der Waals surface area contributed by atoms with Crippen LogP contribution in [0, 0.1) is 0 Å². The molecule has 1 aliphatic rings. The summed E-state index contributed by atoms with van der Waals surface area (Å²) < 4.78 is 16.2. The highest BCUT2D eigenvalue weighted by Crippen LogP contribution is 2.33. The van der Waals surface area contributed by atoms with Crippen LogP contribution in [-0.4, -0.2) is 48.1 Å². The Bertz CT molecular complexity index is 1840. The van der Waals surface area contributed by atoms with Gasteiger partial charge in [0.15, 0.2) is 11.5 Å². The van der Waals surface area contributed by atoms with Gasteiger partial charge in [-0.15, -0.1) is 0 Å². The number of nitrogens with one attached hydrogen (secondary N) is 1. The summed E-state index contributed by atoms with van der Waals surface area (Å²) in [6, 6.07) is 22.8. The number of methoxy groups -OCH3 is 3. The van der Waals surface area contributed by atoms with Gasteiger partial charge in [-0.1, -0.05) is 37.5 Å². The van der Waals surface area contributed by atoms with E-state index in [9.17, 15) is 9.59 Å². The van der Waals surface area contributed by atoms with Crippen LogP contribution in [0.25, 0.3) is 33.1 Å². The highest BCUT2D eigenvalue weighted by molar-refractivity contribution is 6.07. The lowest BCUT2D eigenvalue weighted by molar-refractivity contribution is 0.0615. The lowest BCUT2D eigenvalue weighted by Crippen LogP contribution is -2.42. The van der Waals surface area contributed by atoms with Crippen LogP contribution in [0.4, 0.5) is 0 Å². The normalized spacial score (nSPS) is 13.7. The fourth-order valence-corrected chi connectivity index (χ4v) is 6.06. The molecule has 0 aliphatic heterocycles. The van der Waals surface area contributed by atoms with Gasteiger partial charge in [0, 0.05) is 34.0 Å². The van der Waals surface area contributed by atoms with E-state index in [4.69, 9.17) is 19.2 Å². The van der Waals surface area contributed by atoms with E-state index < -0.39 is 0 Å². The molecule has 1 fully saturated rings. The SMILES string of the molecule is COc1ccc(-c2cc(C(=O)N(Cc3cc4cc(OC)c(OC)cc4[nH]c3=O)C3CCCCC3)c3ccccc3n2)cc1. The average molecular weight is 578 g/mol. The van der Waals surface area contributed by atoms with Crippen LogP contribution in [0.5, 0.6) is 17.2 Å². The van der Waals surface area contributed by atoms with Crippen molar-refractivity contribution < 1.29 is 19.0 Å². The number of H-pyrrole nitrogens is 1. The minimum atomic E-state index is -0.230. The Morgan fingerprint density at radius 1 is 0.884 bits per heavy atom. The molecule has 0 unspecified atom stereocenters. The fraction of sp³-hybridized carbons (Fsp3) is 0.286. The Balaban J connectivity index is 1.44. The van der Waals surface area contributed by atoms with E-state index in [-0.39, 0.29) is 24.1 Å². The van der Waals surface area contributed by atoms with E-state index in [2.05, 4.69) is 4.98 Å². The quantitative estimate of drug-likeness (QED) is 0.219. The average Bonchev–Trinajstić information content (AvgIpc) is 3.06. The number of pyridine rings is 2. The topological polar surface area (TPSA) is 93.8 Å². The highest BCUT2D eigenvalue weighted by Gasteiger charge is 2.29.